The molecule has 3 atom stereocenters. The Bertz CT molecular complexity index is 356. The van der Waals surface area contributed by atoms with E-state index in [1.54, 1.807) is 0 Å². The summed E-state index contributed by atoms with van der Waals surface area (Å²) in [6.45, 7) is 9.82. The Kier molecular flexibility index (Phi) is 2.85. The topological polar surface area (TPSA) is 20.3 Å². The second-order valence-electron chi connectivity index (χ2n) is 7.46. The summed E-state index contributed by atoms with van der Waals surface area (Å²) >= 11 is 0. The third kappa shape index (κ3) is 1.68. The van der Waals surface area contributed by atoms with E-state index in [1.807, 2.05) is 0 Å². The van der Waals surface area contributed by atoms with Gasteiger partial charge < -0.3 is 0 Å². The van der Waals surface area contributed by atoms with E-state index in [9.17, 15) is 4.79 Å². The number of nitrogens with zero attached hydrogens (tertiary/aromatic N) is 1. The maximum atomic E-state index is 12.6. The van der Waals surface area contributed by atoms with E-state index in [2.05, 4.69) is 32.6 Å². The van der Waals surface area contributed by atoms with Gasteiger partial charge in [0.25, 0.3) is 0 Å². The van der Waals surface area contributed by atoms with Gasteiger partial charge in [0.15, 0.2) is 5.78 Å². The lowest BCUT2D eigenvalue weighted by molar-refractivity contribution is -0.128. The lowest BCUT2D eigenvalue weighted by Gasteiger charge is -2.31. The van der Waals surface area contributed by atoms with Crippen LogP contribution in [0.25, 0.3) is 0 Å². The molecule has 0 aromatic carbocycles. The molecule has 0 bridgehead atoms. The summed E-state index contributed by atoms with van der Waals surface area (Å²) in [4.78, 5) is 15.1. The van der Waals surface area contributed by atoms with E-state index in [-0.39, 0.29) is 12.0 Å². The van der Waals surface area contributed by atoms with Crippen LogP contribution in [0.15, 0.2) is 0 Å². The number of fused-ring (bicyclic) bond motifs is 2. The molecule has 0 aromatic heterocycles. The predicted molar refractivity (Wildman–Crippen MR) is 73.4 cm³/mol. The number of rotatable bonds is 3. The Labute approximate surface area is 111 Å². The van der Waals surface area contributed by atoms with Crippen LogP contribution in [-0.2, 0) is 4.79 Å². The molecule has 3 aliphatic rings. The summed E-state index contributed by atoms with van der Waals surface area (Å²) in [6.07, 6.45) is 5.57. The van der Waals surface area contributed by atoms with Gasteiger partial charge in [-0.1, -0.05) is 13.8 Å². The fourth-order valence-electron chi connectivity index (χ4n) is 4.62. The maximum Gasteiger partial charge on any atom is 0.152 e. The molecule has 0 N–H and O–H groups in total. The molecule has 2 nitrogen and oxygen atoms in total. The van der Waals surface area contributed by atoms with Crippen LogP contribution in [0.5, 0.6) is 0 Å². The zero-order chi connectivity index (χ0) is 13.1. The largest absolute Gasteiger partial charge is 0.298 e. The van der Waals surface area contributed by atoms with Crippen molar-refractivity contribution >= 4 is 5.78 Å². The van der Waals surface area contributed by atoms with E-state index >= 15 is 0 Å². The van der Waals surface area contributed by atoms with Gasteiger partial charge >= 0.3 is 0 Å². The first-order valence-corrected chi connectivity index (χ1v) is 7.76. The molecule has 3 rings (SSSR count). The van der Waals surface area contributed by atoms with Gasteiger partial charge in [0, 0.05) is 18.5 Å². The van der Waals surface area contributed by atoms with E-state index in [0.29, 0.717) is 23.2 Å². The monoisotopic (exact) mass is 249 g/mol. The van der Waals surface area contributed by atoms with Gasteiger partial charge in [-0.15, -0.1) is 0 Å². The molecule has 18 heavy (non-hydrogen) atoms. The number of carbonyl (C=O) groups is 1. The van der Waals surface area contributed by atoms with E-state index < -0.39 is 0 Å². The van der Waals surface area contributed by atoms with Crippen molar-refractivity contribution in [1.82, 2.24) is 4.90 Å². The number of carbonyl (C=O) groups excluding carboxylic acids is 1. The smallest absolute Gasteiger partial charge is 0.152 e. The van der Waals surface area contributed by atoms with Crippen LogP contribution in [-0.4, -0.2) is 29.3 Å². The number of ketones is 1. The van der Waals surface area contributed by atoms with Crippen LogP contribution >= 0.6 is 0 Å². The van der Waals surface area contributed by atoms with Gasteiger partial charge in [-0.2, -0.15) is 0 Å². The van der Waals surface area contributed by atoms with Crippen molar-refractivity contribution in [2.45, 2.75) is 65.5 Å². The molecule has 1 heterocycles. The van der Waals surface area contributed by atoms with E-state index in [1.165, 1.54) is 32.2 Å². The van der Waals surface area contributed by atoms with Crippen molar-refractivity contribution < 1.29 is 4.79 Å². The molecule has 0 amide bonds. The summed E-state index contributed by atoms with van der Waals surface area (Å²) in [5.74, 6) is 2.18. The SMILES string of the molecule is CC(C)C(=O)C1[C@H]2CCC3(CC3)[C@H]2CN1C(C)C. The Balaban J connectivity index is 1.87. The molecule has 3 fully saturated rings. The first-order chi connectivity index (χ1) is 8.46. The first-order valence-electron chi connectivity index (χ1n) is 7.76. The third-order valence-electron chi connectivity index (χ3n) is 5.87. The quantitative estimate of drug-likeness (QED) is 0.766. The zero-order valence-corrected chi connectivity index (χ0v) is 12.3. The Morgan fingerprint density at radius 2 is 1.83 bits per heavy atom. The van der Waals surface area contributed by atoms with Crippen molar-refractivity contribution in [2.24, 2.45) is 23.2 Å². The highest BCUT2D eigenvalue weighted by Crippen LogP contribution is 2.66. The molecule has 1 aliphatic heterocycles. The first kappa shape index (κ1) is 12.7. The van der Waals surface area contributed by atoms with Crippen LogP contribution in [0.2, 0.25) is 0 Å². The summed E-state index contributed by atoms with van der Waals surface area (Å²) in [7, 11) is 0. The summed E-state index contributed by atoms with van der Waals surface area (Å²) < 4.78 is 0. The standard InChI is InChI=1S/C16H27NO/c1-10(2)15(18)14-12-5-6-16(7-8-16)13(12)9-17(14)11(3)4/h10-14H,5-9H2,1-4H3/t12-,13-,14?/m0/s1. The molecule has 1 saturated heterocycles. The van der Waals surface area contributed by atoms with E-state index in [0.717, 1.165) is 5.92 Å². The Morgan fingerprint density at radius 1 is 1.17 bits per heavy atom. The van der Waals surface area contributed by atoms with Gasteiger partial charge in [-0.3, -0.25) is 9.69 Å². The number of hydrogen-bond acceptors (Lipinski definition) is 2. The Hall–Kier alpha value is -0.370. The third-order valence-corrected chi connectivity index (χ3v) is 5.87. The van der Waals surface area contributed by atoms with Gasteiger partial charge in [0.2, 0.25) is 0 Å². The predicted octanol–water partition coefficient (Wildman–Crippen LogP) is 3.11. The fraction of sp³-hybridized carbons (Fsp3) is 0.938. The van der Waals surface area contributed by atoms with Crippen molar-refractivity contribution in [2.75, 3.05) is 6.54 Å². The highest BCUT2D eigenvalue weighted by atomic mass is 16.1. The summed E-state index contributed by atoms with van der Waals surface area (Å²) in [5.41, 5.74) is 0.670. The van der Waals surface area contributed by atoms with Crippen LogP contribution in [0, 0.1) is 23.2 Å². The molecule has 102 valence electrons. The molecule has 1 spiro atoms. The van der Waals surface area contributed by atoms with Crippen molar-refractivity contribution in [3.05, 3.63) is 0 Å². The van der Waals surface area contributed by atoms with Crippen molar-refractivity contribution in [3.8, 4) is 0 Å². The van der Waals surface area contributed by atoms with Gasteiger partial charge in [-0.05, 0) is 56.8 Å². The second kappa shape index (κ2) is 4.06. The highest BCUT2D eigenvalue weighted by Gasteiger charge is 2.62. The fourth-order valence-corrected chi connectivity index (χ4v) is 4.62. The van der Waals surface area contributed by atoms with Gasteiger partial charge in [-0.25, -0.2) is 0 Å². The minimum absolute atomic E-state index is 0.186. The van der Waals surface area contributed by atoms with Crippen LogP contribution in [0.4, 0.5) is 0 Å². The molecule has 0 aromatic rings. The minimum atomic E-state index is 0.186. The lowest BCUT2D eigenvalue weighted by Crippen LogP contribution is -2.45. The normalized spacial score (nSPS) is 37.8. The van der Waals surface area contributed by atoms with Gasteiger partial charge in [0.1, 0.15) is 0 Å². The highest BCUT2D eigenvalue weighted by molar-refractivity contribution is 5.86. The number of hydrogen-bond donors (Lipinski definition) is 0. The molecular formula is C16H27NO. The molecule has 1 unspecified atom stereocenters. The number of Topliss-reactive ketones (excluding diaryl/α,β-unsaturated/α-hetero) is 1. The van der Waals surface area contributed by atoms with Crippen molar-refractivity contribution in [3.63, 3.8) is 0 Å². The molecule has 2 heteroatoms. The lowest BCUT2D eigenvalue weighted by atomic mass is 9.84. The minimum Gasteiger partial charge on any atom is -0.298 e. The van der Waals surface area contributed by atoms with Crippen LogP contribution < -0.4 is 0 Å². The molecule has 2 aliphatic carbocycles. The Morgan fingerprint density at radius 3 is 2.33 bits per heavy atom. The molecule has 2 saturated carbocycles. The maximum absolute atomic E-state index is 12.6. The average Bonchev–Trinajstić information content (AvgIpc) is 2.85. The molecule has 0 radical (unpaired) electrons. The summed E-state index contributed by atoms with van der Waals surface area (Å²) in [5, 5.41) is 0. The summed E-state index contributed by atoms with van der Waals surface area (Å²) in [6, 6.07) is 0.745. The van der Waals surface area contributed by atoms with Crippen LogP contribution in [0.1, 0.15) is 53.4 Å². The van der Waals surface area contributed by atoms with E-state index in [4.69, 9.17) is 0 Å². The second-order valence-corrected chi connectivity index (χ2v) is 7.46. The average molecular weight is 249 g/mol. The van der Waals surface area contributed by atoms with Crippen LogP contribution in [0.3, 0.4) is 0 Å². The number of likely N-dealkylation sites (tertiary alicyclic amines) is 1. The zero-order valence-electron chi connectivity index (χ0n) is 12.3. The molecular weight excluding hydrogens is 222 g/mol. The van der Waals surface area contributed by atoms with Gasteiger partial charge in [0.05, 0.1) is 6.04 Å². The van der Waals surface area contributed by atoms with Crippen molar-refractivity contribution in [1.29, 1.82) is 0 Å².